The molecule has 0 spiro atoms. The van der Waals surface area contributed by atoms with E-state index in [2.05, 4.69) is 36.8 Å². The number of imidazole rings is 1. The molecular weight excluding hydrogens is 272 g/mol. The van der Waals surface area contributed by atoms with Crippen LogP contribution >= 0.6 is 11.8 Å². The predicted molar refractivity (Wildman–Crippen MR) is 84.4 cm³/mol. The first-order chi connectivity index (χ1) is 9.76. The average molecular weight is 292 g/mol. The Bertz CT molecular complexity index is 590. The van der Waals surface area contributed by atoms with Crippen molar-refractivity contribution in [2.24, 2.45) is 0 Å². The van der Waals surface area contributed by atoms with Crippen LogP contribution in [0, 0.1) is 0 Å². The molecule has 0 aromatic carbocycles. The molecule has 6 nitrogen and oxygen atoms in total. The molecule has 0 atom stereocenters. The molecule has 0 saturated heterocycles. The SMILES string of the molecule is CNc1nc(NCC2(SC)CCCC2)c2[nH]cnc2n1. The molecule has 1 fully saturated rings. The molecule has 2 aromatic heterocycles. The molecule has 3 N–H and O–H groups in total. The van der Waals surface area contributed by atoms with Gasteiger partial charge < -0.3 is 15.6 Å². The van der Waals surface area contributed by atoms with Gasteiger partial charge in [-0.2, -0.15) is 21.7 Å². The molecule has 7 heteroatoms. The lowest BCUT2D eigenvalue weighted by Gasteiger charge is -2.27. The smallest absolute Gasteiger partial charge is 0.226 e. The van der Waals surface area contributed by atoms with Crippen molar-refractivity contribution in [3.8, 4) is 0 Å². The van der Waals surface area contributed by atoms with Crippen molar-refractivity contribution < 1.29 is 0 Å². The van der Waals surface area contributed by atoms with Crippen LogP contribution in [0.15, 0.2) is 6.33 Å². The first-order valence-corrected chi connectivity index (χ1v) is 8.17. The number of hydrogen-bond acceptors (Lipinski definition) is 6. The Labute approximate surface area is 122 Å². The van der Waals surface area contributed by atoms with Crippen LogP contribution in [0.3, 0.4) is 0 Å². The van der Waals surface area contributed by atoms with E-state index in [1.165, 1.54) is 25.7 Å². The Morgan fingerprint density at radius 1 is 1.35 bits per heavy atom. The molecule has 108 valence electrons. The fraction of sp³-hybridized carbons (Fsp3) is 0.615. The zero-order chi connectivity index (χ0) is 14.0. The van der Waals surface area contributed by atoms with Crippen LogP contribution in [0.1, 0.15) is 25.7 Å². The summed E-state index contributed by atoms with van der Waals surface area (Å²) >= 11 is 1.97. The van der Waals surface area contributed by atoms with E-state index >= 15 is 0 Å². The lowest BCUT2D eigenvalue weighted by molar-refractivity contribution is 0.639. The van der Waals surface area contributed by atoms with Gasteiger partial charge in [0.25, 0.3) is 0 Å². The Morgan fingerprint density at radius 3 is 2.85 bits per heavy atom. The second-order valence-corrected chi connectivity index (χ2v) is 6.47. The predicted octanol–water partition coefficient (Wildman–Crippen LogP) is 2.48. The van der Waals surface area contributed by atoms with E-state index < -0.39 is 0 Å². The molecule has 20 heavy (non-hydrogen) atoms. The van der Waals surface area contributed by atoms with Crippen molar-refractivity contribution >= 4 is 34.7 Å². The van der Waals surface area contributed by atoms with E-state index in [9.17, 15) is 0 Å². The highest BCUT2D eigenvalue weighted by Crippen LogP contribution is 2.40. The summed E-state index contributed by atoms with van der Waals surface area (Å²) in [6.07, 6.45) is 9.07. The van der Waals surface area contributed by atoms with Gasteiger partial charge in [0.15, 0.2) is 11.5 Å². The van der Waals surface area contributed by atoms with Crippen LogP contribution in [0.2, 0.25) is 0 Å². The van der Waals surface area contributed by atoms with Crippen molar-refractivity contribution in [3.63, 3.8) is 0 Å². The fourth-order valence-corrected chi connectivity index (χ4v) is 3.70. The van der Waals surface area contributed by atoms with E-state index in [0.717, 1.165) is 17.9 Å². The molecule has 3 rings (SSSR count). The maximum absolute atomic E-state index is 4.50. The number of aromatic amines is 1. The Hall–Kier alpha value is -1.50. The van der Waals surface area contributed by atoms with E-state index in [1.807, 2.05) is 18.8 Å². The number of rotatable bonds is 5. The molecule has 0 bridgehead atoms. The van der Waals surface area contributed by atoms with E-state index in [4.69, 9.17) is 0 Å². The van der Waals surface area contributed by atoms with Crippen molar-refractivity contribution in [1.29, 1.82) is 0 Å². The van der Waals surface area contributed by atoms with Gasteiger partial charge in [0.05, 0.1) is 6.33 Å². The van der Waals surface area contributed by atoms with Gasteiger partial charge in [0.2, 0.25) is 5.95 Å². The number of fused-ring (bicyclic) bond motifs is 1. The number of nitrogens with zero attached hydrogens (tertiary/aromatic N) is 3. The average Bonchev–Trinajstić information content (AvgIpc) is 3.14. The molecule has 0 amide bonds. The quantitative estimate of drug-likeness (QED) is 0.786. The van der Waals surface area contributed by atoms with Gasteiger partial charge in [-0.3, -0.25) is 0 Å². The van der Waals surface area contributed by atoms with E-state index in [0.29, 0.717) is 16.3 Å². The second kappa shape index (κ2) is 5.47. The first kappa shape index (κ1) is 13.5. The van der Waals surface area contributed by atoms with Crippen molar-refractivity contribution in [2.45, 2.75) is 30.4 Å². The Kier molecular flexibility index (Phi) is 3.69. The van der Waals surface area contributed by atoms with Crippen molar-refractivity contribution in [3.05, 3.63) is 6.33 Å². The maximum atomic E-state index is 4.50. The van der Waals surface area contributed by atoms with Gasteiger partial charge in [-0.1, -0.05) is 12.8 Å². The Morgan fingerprint density at radius 2 is 2.15 bits per heavy atom. The van der Waals surface area contributed by atoms with Gasteiger partial charge in [-0.25, -0.2) is 4.98 Å². The fourth-order valence-electron chi connectivity index (χ4n) is 2.79. The third kappa shape index (κ3) is 2.42. The van der Waals surface area contributed by atoms with Crippen LogP contribution in [0.5, 0.6) is 0 Å². The summed E-state index contributed by atoms with van der Waals surface area (Å²) in [4.78, 5) is 16.2. The normalized spacial score (nSPS) is 17.5. The van der Waals surface area contributed by atoms with Crippen LogP contribution in [-0.2, 0) is 0 Å². The van der Waals surface area contributed by atoms with Crippen LogP contribution in [-0.4, -0.2) is 44.5 Å². The topological polar surface area (TPSA) is 78.5 Å². The molecular formula is C13H20N6S. The summed E-state index contributed by atoms with van der Waals surface area (Å²) in [5.41, 5.74) is 1.56. The number of nitrogens with one attached hydrogen (secondary N) is 3. The number of aromatic nitrogens is 4. The van der Waals surface area contributed by atoms with E-state index in [1.54, 1.807) is 6.33 Å². The number of thioether (sulfide) groups is 1. The lowest BCUT2D eigenvalue weighted by atomic mass is 10.1. The molecule has 0 aliphatic heterocycles. The van der Waals surface area contributed by atoms with Crippen LogP contribution < -0.4 is 10.6 Å². The van der Waals surface area contributed by atoms with E-state index in [-0.39, 0.29) is 0 Å². The highest BCUT2D eigenvalue weighted by Gasteiger charge is 2.33. The molecule has 0 radical (unpaired) electrons. The maximum Gasteiger partial charge on any atom is 0.226 e. The summed E-state index contributed by atoms with van der Waals surface area (Å²) in [7, 11) is 1.82. The molecule has 2 aromatic rings. The molecule has 1 aliphatic rings. The Balaban J connectivity index is 1.84. The van der Waals surface area contributed by atoms with Crippen LogP contribution in [0.4, 0.5) is 11.8 Å². The highest BCUT2D eigenvalue weighted by atomic mass is 32.2. The highest BCUT2D eigenvalue weighted by molar-refractivity contribution is 8.00. The summed E-state index contributed by atoms with van der Waals surface area (Å²) in [6.45, 7) is 0.933. The molecule has 2 heterocycles. The molecule has 1 saturated carbocycles. The molecule has 0 unspecified atom stereocenters. The van der Waals surface area contributed by atoms with Gasteiger partial charge in [0.1, 0.15) is 5.52 Å². The number of hydrogen-bond donors (Lipinski definition) is 3. The summed E-state index contributed by atoms with van der Waals surface area (Å²) in [5, 5.41) is 6.48. The standard InChI is InChI=1S/C13H20N6S/c1-14-12-18-10(9-11(19-12)17-8-16-9)15-7-13(20-2)5-3-4-6-13/h8H,3-7H2,1-2H3,(H3,14,15,16,17,18,19). The second-order valence-electron chi connectivity index (χ2n) is 5.19. The van der Waals surface area contributed by atoms with Crippen molar-refractivity contribution in [2.75, 3.05) is 30.5 Å². The number of H-pyrrole nitrogens is 1. The van der Waals surface area contributed by atoms with Gasteiger partial charge in [0, 0.05) is 18.3 Å². The van der Waals surface area contributed by atoms with Gasteiger partial charge in [-0.15, -0.1) is 0 Å². The van der Waals surface area contributed by atoms with Crippen molar-refractivity contribution in [1.82, 2.24) is 19.9 Å². The largest absolute Gasteiger partial charge is 0.367 e. The molecule has 1 aliphatic carbocycles. The monoisotopic (exact) mass is 292 g/mol. The minimum atomic E-state index is 0.344. The zero-order valence-electron chi connectivity index (χ0n) is 11.9. The van der Waals surface area contributed by atoms with Gasteiger partial charge >= 0.3 is 0 Å². The summed E-state index contributed by atoms with van der Waals surface area (Å²) < 4.78 is 0.344. The summed E-state index contributed by atoms with van der Waals surface area (Å²) in [6, 6.07) is 0. The van der Waals surface area contributed by atoms with Crippen LogP contribution in [0.25, 0.3) is 11.2 Å². The minimum absolute atomic E-state index is 0.344. The van der Waals surface area contributed by atoms with Gasteiger partial charge in [-0.05, 0) is 19.1 Å². The first-order valence-electron chi connectivity index (χ1n) is 6.94. The third-order valence-corrected chi connectivity index (χ3v) is 5.45. The zero-order valence-corrected chi connectivity index (χ0v) is 12.7. The third-order valence-electron chi connectivity index (χ3n) is 4.04. The summed E-state index contributed by atoms with van der Waals surface area (Å²) in [5.74, 6) is 1.42. The number of anilines is 2. The minimum Gasteiger partial charge on any atom is -0.367 e. The lowest BCUT2D eigenvalue weighted by Crippen LogP contribution is -2.30.